The quantitative estimate of drug-likeness (QED) is 0.436. The Balaban J connectivity index is 3.53. The largest absolute Gasteiger partial charge is 0.419 e. The molecule has 0 saturated carbocycles. The number of carbonyl (C=O) groups is 1. The van der Waals surface area contributed by atoms with Crippen molar-refractivity contribution < 1.29 is 22.4 Å². The number of anilines is 1. The first kappa shape index (κ1) is 10.5. The number of rotatable bonds is 1. The molecule has 1 rings (SSSR count). The lowest BCUT2D eigenvalue weighted by Gasteiger charge is -2.12. The third-order valence-corrected chi connectivity index (χ3v) is 1.63. The molecule has 0 radical (unpaired) electrons. The van der Waals surface area contributed by atoms with Crippen molar-refractivity contribution in [3.63, 3.8) is 0 Å². The highest BCUT2D eigenvalue weighted by molar-refractivity contribution is 5.81. The highest BCUT2D eigenvalue weighted by Gasteiger charge is 2.36. The number of hydrogen-bond donors (Lipinski definition) is 1. The molecule has 0 heterocycles. The molecule has 0 aliphatic carbocycles. The normalized spacial score (nSPS) is 11.4. The second-order valence-corrected chi connectivity index (χ2v) is 2.54. The Hall–Kier alpha value is -1.59. The number of benzene rings is 1. The van der Waals surface area contributed by atoms with Crippen LogP contribution in [0.25, 0.3) is 0 Å². The lowest BCUT2D eigenvalue weighted by molar-refractivity contribution is -0.137. The van der Waals surface area contributed by atoms with Gasteiger partial charge >= 0.3 is 6.18 Å². The second-order valence-electron chi connectivity index (χ2n) is 2.54. The Labute approximate surface area is 76.3 Å². The Morgan fingerprint density at radius 2 is 1.86 bits per heavy atom. The van der Waals surface area contributed by atoms with Crippen LogP contribution in [0.3, 0.4) is 0 Å². The third kappa shape index (κ3) is 1.68. The van der Waals surface area contributed by atoms with E-state index in [-0.39, 0.29) is 6.29 Å². The van der Waals surface area contributed by atoms with Gasteiger partial charge in [0.25, 0.3) is 0 Å². The first-order valence-corrected chi connectivity index (χ1v) is 3.48. The average molecular weight is 207 g/mol. The van der Waals surface area contributed by atoms with Crippen LogP contribution >= 0.6 is 0 Å². The molecule has 6 heteroatoms. The van der Waals surface area contributed by atoms with Crippen LogP contribution in [0.5, 0.6) is 0 Å². The van der Waals surface area contributed by atoms with Crippen molar-refractivity contribution in [3.8, 4) is 0 Å². The van der Waals surface area contributed by atoms with E-state index in [0.717, 1.165) is 6.07 Å². The molecule has 0 bridgehead atoms. The maximum atomic E-state index is 12.8. The van der Waals surface area contributed by atoms with Crippen molar-refractivity contribution in [2.24, 2.45) is 0 Å². The predicted octanol–water partition coefficient (Wildman–Crippen LogP) is 2.24. The summed E-state index contributed by atoms with van der Waals surface area (Å²) < 4.78 is 49.6. The molecule has 0 fully saturated rings. The van der Waals surface area contributed by atoms with Gasteiger partial charge in [-0.15, -0.1) is 0 Å². The number of nitrogen functional groups attached to an aromatic ring is 1. The van der Waals surface area contributed by atoms with Crippen molar-refractivity contribution in [2.45, 2.75) is 6.18 Å². The molecule has 0 amide bonds. The fraction of sp³-hybridized carbons (Fsp3) is 0.125. The SMILES string of the molecule is Nc1ccc(F)c(C=O)c1C(F)(F)F. The first-order chi connectivity index (χ1) is 6.38. The molecule has 2 N–H and O–H groups in total. The van der Waals surface area contributed by atoms with E-state index in [9.17, 15) is 22.4 Å². The van der Waals surface area contributed by atoms with Gasteiger partial charge in [-0.1, -0.05) is 0 Å². The molecule has 0 aliphatic heterocycles. The Bertz CT molecular complexity index is 372. The van der Waals surface area contributed by atoms with Gasteiger partial charge in [0.1, 0.15) is 5.82 Å². The van der Waals surface area contributed by atoms with Gasteiger partial charge in [0.05, 0.1) is 11.1 Å². The Morgan fingerprint density at radius 3 is 2.21 bits per heavy atom. The van der Waals surface area contributed by atoms with Crippen LogP contribution in [0, 0.1) is 5.82 Å². The van der Waals surface area contributed by atoms with E-state index in [0.29, 0.717) is 6.07 Å². The van der Waals surface area contributed by atoms with Crippen molar-refractivity contribution >= 4 is 12.0 Å². The molecule has 0 atom stereocenters. The summed E-state index contributed by atoms with van der Waals surface area (Å²) in [4.78, 5) is 10.3. The zero-order chi connectivity index (χ0) is 10.9. The first-order valence-electron chi connectivity index (χ1n) is 3.48. The monoisotopic (exact) mass is 207 g/mol. The Morgan fingerprint density at radius 1 is 1.29 bits per heavy atom. The fourth-order valence-electron chi connectivity index (χ4n) is 1.04. The summed E-state index contributed by atoms with van der Waals surface area (Å²) in [6.07, 6.45) is -5.03. The summed E-state index contributed by atoms with van der Waals surface area (Å²) in [7, 11) is 0. The van der Waals surface area contributed by atoms with E-state index in [1.54, 1.807) is 0 Å². The van der Waals surface area contributed by atoms with E-state index >= 15 is 0 Å². The maximum absolute atomic E-state index is 12.8. The van der Waals surface area contributed by atoms with E-state index in [1.807, 2.05) is 0 Å². The summed E-state index contributed by atoms with van der Waals surface area (Å²) in [5.74, 6) is -1.23. The van der Waals surface area contributed by atoms with Crippen LogP contribution in [0.2, 0.25) is 0 Å². The van der Waals surface area contributed by atoms with Crippen molar-refractivity contribution in [3.05, 3.63) is 29.1 Å². The number of halogens is 4. The zero-order valence-corrected chi connectivity index (χ0v) is 6.73. The molecule has 1 aromatic rings. The minimum atomic E-state index is -4.83. The molecule has 0 aliphatic rings. The smallest absolute Gasteiger partial charge is 0.398 e. The average Bonchev–Trinajstić information content (AvgIpc) is 2.06. The second kappa shape index (κ2) is 3.28. The summed E-state index contributed by atoms with van der Waals surface area (Å²) in [6, 6.07) is 1.49. The highest BCUT2D eigenvalue weighted by atomic mass is 19.4. The number of nitrogens with two attached hydrogens (primary N) is 1. The minimum absolute atomic E-state index is 0.200. The topological polar surface area (TPSA) is 43.1 Å². The molecule has 14 heavy (non-hydrogen) atoms. The number of aldehydes is 1. The summed E-state index contributed by atoms with van der Waals surface area (Å²) in [5.41, 5.74) is 1.86. The number of alkyl halides is 3. The standard InChI is InChI=1S/C8H5F4NO/c9-5-1-2-6(13)7(4(5)3-14)8(10,11)12/h1-3H,13H2. The van der Waals surface area contributed by atoms with Gasteiger partial charge < -0.3 is 5.73 Å². The van der Waals surface area contributed by atoms with E-state index in [4.69, 9.17) is 5.73 Å². The van der Waals surface area contributed by atoms with Crippen molar-refractivity contribution in [2.75, 3.05) is 5.73 Å². The van der Waals surface area contributed by atoms with Gasteiger partial charge in [0, 0.05) is 5.69 Å². The van der Waals surface area contributed by atoms with Crippen LogP contribution in [0.4, 0.5) is 23.2 Å². The molecule has 0 unspecified atom stereocenters. The maximum Gasteiger partial charge on any atom is 0.419 e. The molecular weight excluding hydrogens is 202 g/mol. The highest BCUT2D eigenvalue weighted by Crippen LogP contribution is 2.36. The zero-order valence-electron chi connectivity index (χ0n) is 6.73. The van der Waals surface area contributed by atoms with E-state index in [2.05, 4.69) is 0 Å². The predicted molar refractivity (Wildman–Crippen MR) is 41.2 cm³/mol. The van der Waals surface area contributed by atoms with Crippen LogP contribution in [-0.2, 0) is 6.18 Å². The molecule has 0 saturated heterocycles. The molecule has 0 aromatic heterocycles. The van der Waals surface area contributed by atoms with Gasteiger partial charge in [-0.2, -0.15) is 13.2 Å². The number of hydrogen-bond acceptors (Lipinski definition) is 2. The van der Waals surface area contributed by atoms with Crippen LogP contribution in [-0.4, -0.2) is 6.29 Å². The van der Waals surface area contributed by atoms with Gasteiger partial charge in [-0.3, -0.25) is 4.79 Å². The molecule has 1 aromatic carbocycles. The van der Waals surface area contributed by atoms with Crippen molar-refractivity contribution in [1.82, 2.24) is 0 Å². The molecule has 2 nitrogen and oxygen atoms in total. The Kier molecular flexibility index (Phi) is 2.46. The fourth-order valence-corrected chi connectivity index (χ4v) is 1.04. The van der Waals surface area contributed by atoms with Gasteiger partial charge in [-0.05, 0) is 12.1 Å². The lowest BCUT2D eigenvalue weighted by Crippen LogP contribution is -2.13. The molecule has 76 valence electrons. The molecule has 0 spiro atoms. The van der Waals surface area contributed by atoms with Crippen LogP contribution in [0.15, 0.2) is 12.1 Å². The summed E-state index contributed by atoms with van der Waals surface area (Å²) >= 11 is 0. The van der Waals surface area contributed by atoms with Gasteiger partial charge in [-0.25, -0.2) is 4.39 Å². The van der Waals surface area contributed by atoms with E-state index < -0.39 is 28.8 Å². The van der Waals surface area contributed by atoms with Crippen LogP contribution < -0.4 is 5.73 Å². The number of carbonyl (C=O) groups excluding carboxylic acids is 1. The summed E-state index contributed by atoms with van der Waals surface area (Å²) in [5, 5.41) is 0. The van der Waals surface area contributed by atoms with E-state index in [1.165, 1.54) is 0 Å². The van der Waals surface area contributed by atoms with Crippen LogP contribution in [0.1, 0.15) is 15.9 Å². The van der Waals surface area contributed by atoms with Gasteiger partial charge in [0.15, 0.2) is 6.29 Å². The summed E-state index contributed by atoms with van der Waals surface area (Å²) in [6.45, 7) is 0. The minimum Gasteiger partial charge on any atom is -0.398 e. The van der Waals surface area contributed by atoms with Crippen molar-refractivity contribution in [1.29, 1.82) is 0 Å². The van der Waals surface area contributed by atoms with Gasteiger partial charge in [0.2, 0.25) is 0 Å². The third-order valence-electron chi connectivity index (χ3n) is 1.63. The molecular formula is C8H5F4NO. The lowest BCUT2D eigenvalue weighted by atomic mass is 10.1.